The van der Waals surface area contributed by atoms with Gasteiger partial charge in [0.05, 0.1) is 18.2 Å². The third kappa shape index (κ3) is 4.20. The predicted octanol–water partition coefficient (Wildman–Crippen LogP) is 1.05. The highest BCUT2D eigenvalue weighted by molar-refractivity contribution is 5.92. The number of amides is 1. The highest BCUT2D eigenvalue weighted by atomic mass is 16.6. The first-order valence-corrected chi connectivity index (χ1v) is 4.53. The molecular weight excluding hydrogens is 194 g/mol. The van der Waals surface area contributed by atoms with Gasteiger partial charge in [-0.3, -0.25) is 14.6 Å². The largest absolute Gasteiger partial charge is 0.276 e. The topological polar surface area (TPSA) is 75.0 Å². The minimum atomic E-state index is -0.333. The Morgan fingerprint density at radius 1 is 1.67 bits per heavy atom. The second-order valence-electron chi connectivity index (χ2n) is 2.78. The molecule has 1 aromatic heterocycles. The smallest absolute Gasteiger partial charge is 0.273 e. The number of hydroxylamine groups is 1. The van der Waals surface area contributed by atoms with Gasteiger partial charge in [0.1, 0.15) is 0 Å². The van der Waals surface area contributed by atoms with Gasteiger partial charge in [0.25, 0.3) is 5.91 Å². The van der Waals surface area contributed by atoms with Crippen molar-refractivity contribution in [1.29, 1.82) is 5.26 Å². The van der Waals surface area contributed by atoms with Crippen LogP contribution in [0.4, 0.5) is 0 Å². The van der Waals surface area contributed by atoms with Crippen molar-refractivity contribution < 1.29 is 9.63 Å². The van der Waals surface area contributed by atoms with E-state index < -0.39 is 0 Å². The molecule has 5 heteroatoms. The Labute approximate surface area is 87.6 Å². The summed E-state index contributed by atoms with van der Waals surface area (Å²) in [5.74, 6) is -0.333. The Hall–Kier alpha value is -1.93. The molecule has 0 unspecified atom stereocenters. The van der Waals surface area contributed by atoms with E-state index in [2.05, 4.69) is 10.5 Å². The molecule has 5 nitrogen and oxygen atoms in total. The number of hydrogen-bond acceptors (Lipinski definition) is 4. The second kappa shape index (κ2) is 6.51. The number of hydrogen-bond donors (Lipinski definition) is 1. The fraction of sp³-hybridized carbons (Fsp3) is 0.300. The zero-order chi connectivity index (χ0) is 10.9. The number of carbonyl (C=O) groups is 1. The summed E-state index contributed by atoms with van der Waals surface area (Å²) in [6.45, 7) is 0.333. The molecule has 78 valence electrons. The molecule has 0 aromatic carbocycles. The third-order valence-electron chi connectivity index (χ3n) is 1.62. The molecule has 0 saturated carbocycles. The van der Waals surface area contributed by atoms with E-state index in [1.54, 1.807) is 18.3 Å². The van der Waals surface area contributed by atoms with Crippen LogP contribution in [0.15, 0.2) is 24.5 Å². The average Bonchev–Trinajstić information content (AvgIpc) is 2.30. The first-order chi connectivity index (χ1) is 7.34. The number of nitrogens with zero attached hydrogens (tertiary/aromatic N) is 2. The Kier molecular flexibility index (Phi) is 4.84. The van der Waals surface area contributed by atoms with Gasteiger partial charge < -0.3 is 0 Å². The number of aromatic nitrogens is 1. The van der Waals surface area contributed by atoms with Crippen LogP contribution in [0.1, 0.15) is 23.2 Å². The van der Waals surface area contributed by atoms with Crippen LogP contribution < -0.4 is 5.48 Å². The predicted molar refractivity (Wildman–Crippen MR) is 52.5 cm³/mol. The summed E-state index contributed by atoms with van der Waals surface area (Å²) in [6, 6.07) is 5.30. The van der Waals surface area contributed by atoms with E-state index in [0.717, 1.165) is 0 Å². The molecule has 0 saturated heterocycles. The van der Waals surface area contributed by atoms with Gasteiger partial charge in [0.2, 0.25) is 0 Å². The van der Waals surface area contributed by atoms with E-state index >= 15 is 0 Å². The second-order valence-corrected chi connectivity index (χ2v) is 2.78. The van der Waals surface area contributed by atoms with E-state index in [1.807, 2.05) is 6.07 Å². The third-order valence-corrected chi connectivity index (χ3v) is 1.62. The lowest BCUT2D eigenvalue weighted by Crippen LogP contribution is -2.24. The SMILES string of the molecule is N#CCCCONC(=O)c1cccnc1. The van der Waals surface area contributed by atoms with Gasteiger partial charge in [0.15, 0.2) is 0 Å². The molecule has 15 heavy (non-hydrogen) atoms. The van der Waals surface area contributed by atoms with Crippen molar-refractivity contribution in [2.75, 3.05) is 6.61 Å². The summed E-state index contributed by atoms with van der Waals surface area (Å²) in [6.07, 6.45) is 4.06. The van der Waals surface area contributed by atoms with Crippen LogP contribution in [0.25, 0.3) is 0 Å². The highest BCUT2D eigenvalue weighted by Crippen LogP contribution is 1.95. The molecule has 1 amide bonds. The zero-order valence-electron chi connectivity index (χ0n) is 8.14. The lowest BCUT2D eigenvalue weighted by atomic mass is 10.3. The molecule has 0 aliphatic heterocycles. The number of pyridine rings is 1. The maximum Gasteiger partial charge on any atom is 0.276 e. The molecule has 0 bridgehead atoms. The number of nitrogens with one attached hydrogen (secondary N) is 1. The summed E-state index contributed by atoms with van der Waals surface area (Å²) >= 11 is 0. The minimum Gasteiger partial charge on any atom is -0.273 e. The number of unbranched alkanes of at least 4 members (excludes halogenated alkanes) is 1. The maximum atomic E-state index is 11.3. The molecule has 0 fully saturated rings. The molecule has 0 aliphatic carbocycles. The van der Waals surface area contributed by atoms with E-state index in [-0.39, 0.29) is 5.91 Å². The standard InChI is InChI=1S/C10H11N3O2/c11-5-1-2-7-15-13-10(14)9-4-3-6-12-8-9/h3-4,6,8H,1-2,7H2,(H,13,14). The van der Waals surface area contributed by atoms with Gasteiger partial charge in [-0.05, 0) is 18.6 Å². The Morgan fingerprint density at radius 3 is 3.20 bits per heavy atom. The van der Waals surface area contributed by atoms with Gasteiger partial charge in [-0.2, -0.15) is 5.26 Å². The fourth-order valence-electron chi connectivity index (χ4n) is 0.896. The first-order valence-electron chi connectivity index (χ1n) is 4.53. The van der Waals surface area contributed by atoms with E-state index in [0.29, 0.717) is 25.0 Å². The molecule has 0 spiro atoms. The van der Waals surface area contributed by atoms with Gasteiger partial charge in [-0.1, -0.05) is 0 Å². The maximum absolute atomic E-state index is 11.3. The van der Waals surface area contributed by atoms with Crippen LogP contribution in [0.2, 0.25) is 0 Å². The monoisotopic (exact) mass is 205 g/mol. The van der Waals surface area contributed by atoms with Crippen LogP contribution in [0.5, 0.6) is 0 Å². The minimum absolute atomic E-state index is 0.333. The first kappa shape index (κ1) is 11.1. The molecular formula is C10H11N3O2. The molecule has 0 atom stereocenters. The van der Waals surface area contributed by atoms with Crippen LogP contribution in [0.3, 0.4) is 0 Å². The van der Waals surface area contributed by atoms with Crippen LogP contribution in [0, 0.1) is 11.3 Å². The highest BCUT2D eigenvalue weighted by Gasteiger charge is 2.03. The van der Waals surface area contributed by atoms with Gasteiger partial charge in [-0.15, -0.1) is 0 Å². The van der Waals surface area contributed by atoms with Crippen molar-refractivity contribution in [3.8, 4) is 6.07 Å². The summed E-state index contributed by atoms with van der Waals surface area (Å²) in [7, 11) is 0. The molecule has 0 radical (unpaired) electrons. The van der Waals surface area contributed by atoms with Crippen LogP contribution in [-0.4, -0.2) is 17.5 Å². The molecule has 0 aliphatic rings. The summed E-state index contributed by atoms with van der Waals surface area (Å²) < 4.78 is 0. The van der Waals surface area contributed by atoms with Crippen molar-refractivity contribution in [3.05, 3.63) is 30.1 Å². The molecule has 1 N–H and O–H groups in total. The fourth-order valence-corrected chi connectivity index (χ4v) is 0.896. The van der Waals surface area contributed by atoms with Crippen molar-refractivity contribution in [2.24, 2.45) is 0 Å². The van der Waals surface area contributed by atoms with Crippen molar-refractivity contribution >= 4 is 5.91 Å². The van der Waals surface area contributed by atoms with Gasteiger partial charge in [0, 0.05) is 18.8 Å². The number of nitriles is 1. The number of carbonyl (C=O) groups excluding carboxylic acids is 1. The van der Waals surface area contributed by atoms with E-state index in [1.165, 1.54) is 6.20 Å². The Bertz CT molecular complexity index is 345. The lowest BCUT2D eigenvalue weighted by molar-refractivity contribution is 0.0306. The zero-order valence-corrected chi connectivity index (χ0v) is 8.14. The van der Waals surface area contributed by atoms with Crippen molar-refractivity contribution in [1.82, 2.24) is 10.5 Å². The Morgan fingerprint density at radius 2 is 2.53 bits per heavy atom. The van der Waals surface area contributed by atoms with Crippen LogP contribution in [-0.2, 0) is 4.84 Å². The van der Waals surface area contributed by atoms with Gasteiger partial charge in [-0.25, -0.2) is 5.48 Å². The average molecular weight is 205 g/mol. The van der Waals surface area contributed by atoms with Crippen molar-refractivity contribution in [3.63, 3.8) is 0 Å². The molecule has 1 rings (SSSR count). The summed E-state index contributed by atoms with van der Waals surface area (Å²) in [4.78, 5) is 20.0. The lowest BCUT2D eigenvalue weighted by Gasteiger charge is -2.03. The van der Waals surface area contributed by atoms with E-state index in [9.17, 15) is 4.79 Å². The normalized spacial score (nSPS) is 9.27. The van der Waals surface area contributed by atoms with Crippen molar-refractivity contribution in [2.45, 2.75) is 12.8 Å². The molecule has 1 aromatic rings. The van der Waals surface area contributed by atoms with E-state index in [4.69, 9.17) is 10.1 Å². The quantitative estimate of drug-likeness (QED) is 0.575. The summed E-state index contributed by atoms with van der Waals surface area (Å²) in [5.41, 5.74) is 2.71. The summed E-state index contributed by atoms with van der Waals surface area (Å²) in [5, 5.41) is 8.25. The van der Waals surface area contributed by atoms with Crippen LogP contribution >= 0.6 is 0 Å². The van der Waals surface area contributed by atoms with Gasteiger partial charge >= 0.3 is 0 Å². The molecule has 1 heterocycles. The Balaban J connectivity index is 2.23. The number of rotatable bonds is 5.